The lowest BCUT2D eigenvalue weighted by Gasteiger charge is -2.10. The van der Waals surface area contributed by atoms with E-state index in [0.29, 0.717) is 12.1 Å². The van der Waals surface area contributed by atoms with E-state index >= 15 is 0 Å². The fraction of sp³-hybridized carbons (Fsp3) is 0.130. The highest BCUT2D eigenvalue weighted by Crippen LogP contribution is 2.24. The highest BCUT2D eigenvalue weighted by Gasteiger charge is 2.15. The molecule has 0 aliphatic rings. The van der Waals surface area contributed by atoms with Crippen LogP contribution in [0.1, 0.15) is 21.6 Å². The second-order valence-corrected chi connectivity index (χ2v) is 6.60. The number of benzene rings is 2. The summed E-state index contributed by atoms with van der Waals surface area (Å²) in [6.07, 6.45) is 4.70. The zero-order valence-electron chi connectivity index (χ0n) is 15.5. The minimum absolute atomic E-state index is 0.279. The molecule has 2 aromatic heterocycles. The number of carbonyl (C=O) groups is 1. The molecule has 0 unspecified atom stereocenters. The number of methoxy groups -OCH3 is 1. The summed E-state index contributed by atoms with van der Waals surface area (Å²) in [5.41, 5.74) is 5.13. The first-order valence-corrected chi connectivity index (χ1v) is 9.07. The number of fused-ring (bicyclic) bond motifs is 1. The molecule has 5 heteroatoms. The van der Waals surface area contributed by atoms with E-state index in [1.54, 1.807) is 23.9 Å². The number of rotatable bonds is 6. The quantitative estimate of drug-likeness (QED) is 0.541. The largest absolute Gasteiger partial charge is 0.497 e. The SMILES string of the molecule is COc1ccc(-c2cccc(CCc3ccc4nccn4c3C(=O)O)c2)cc1. The first kappa shape index (κ1) is 17.8. The summed E-state index contributed by atoms with van der Waals surface area (Å²) in [4.78, 5) is 15.9. The van der Waals surface area contributed by atoms with Crippen molar-refractivity contribution < 1.29 is 14.6 Å². The third-order valence-electron chi connectivity index (χ3n) is 4.88. The van der Waals surface area contributed by atoms with Crippen LogP contribution in [0.4, 0.5) is 0 Å². The number of aromatic nitrogens is 2. The summed E-state index contributed by atoms with van der Waals surface area (Å²) in [6.45, 7) is 0. The van der Waals surface area contributed by atoms with Gasteiger partial charge >= 0.3 is 5.97 Å². The van der Waals surface area contributed by atoms with E-state index in [1.165, 1.54) is 0 Å². The third kappa shape index (κ3) is 3.47. The van der Waals surface area contributed by atoms with Crippen molar-refractivity contribution in [3.63, 3.8) is 0 Å². The Hall–Kier alpha value is -3.60. The van der Waals surface area contributed by atoms with Gasteiger partial charge in [0.05, 0.1) is 7.11 Å². The predicted molar refractivity (Wildman–Crippen MR) is 108 cm³/mol. The number of nitrogens with zero attached hydrogens (tertiary/aromatic N) is 2. The maximum Gasteiger partial charge on any atom is 0.353 e. The van der Waals surface area contributed by atoms with Gasteiger partial charge in [-0.25, -0.2) is 9.78 Å². The van der Waals surface area contributed by atoms with Crippen molar-refractivity contribution in [2.45, 2.75) is 12.8 Å². The van der Waals surface area contributed by atoms with Gasteiger partial charge in [0, 0.05) is 12.4 Å². The summed E-state index contributed by atoms with van der Waals surface area (Å²) < 4.78 is 6.85. The fourth-order valence-corrected chi connectivity index (χ4v) is 3.45. The first-order valence-electron chi connectivity index (χ1n) is 9.07. The van der Waals surface area contributed by atoms with Crippen LogP contribution >= 0.6 is 0 Å². The highest BCUT2D eigenvalue weighted by atomic mass is 16.5. The number of aromatic carboxylic acids is 1. The smallest absolute Gasteiger partial charge is 0.353 e. The monoisotopic (exact) mass is 372 g/mol. The van der Waals surface area contributed by atoms with Gasteiger partial charge in [0.15, 0.2) is 0 Å². The maximum atomic E-state index is 11.8. The number of pyridine rings is 1. The number of hydrogen-bond donors (Lipinski definition) is 1. The minimum atomic E-state index is -0.939. The Morgan fingerprint density at radius 2 is 1.86 bits per heavy atom. The topological polar surface area (TPSA) is 63.8 Å². The molecule has 0 radical (unpaired) electrons. The van der Waals surface area contributed by atoms with Crippen molar-refractivity contribution in [1.82, 2.24) is 9.38 Å². The Morgan fingerprint density at radius 3 is 2.61 bits per heavy atom. The second-order valence-electron chi connectivity index (χ2n) is 6.60. The molecule has 0 spiro atoms. The summed E-state index contributed by atoms with van der Waals surface area (Å²) in [5.74, 6) is -0.110. The molecule has 0 amide bonds. The van der Waals surface area contributed by atoms with Crippen LogP contribution in [0.25, 0.3) is 16.8 Å². The van der Waals surface area contributed by atoms with Gasteiger partial charge in [-0.2, -0.15) is 0 Å². The first-order chi connectivity index (χ1) is 13.7. The highest BCUT2D eigenvalue weighted by molar-refractivity contribution is 5.88. The van der Waals surface area contributed by atoms with E-state index in [2.05, 4.69) is 23.2 Å². The number of aryl methyl sites for hydroxylation is 2. The lowest BCUT2D eigenvalue weighted by atomic mass is 9.98. The Labute approximate surface area is 162 Å². The molecule has 2 heterocycles. The second kappa shape index (κ2) is 7.56. The molecular weight excluding hydrogens is 352 g/mol. The molecule has 0 atom stereocenters. The van der Waals surface area contributed by atoms with E-state index in [1.807, 2.05) is 42.5 Å². The van der Waals surface area contributed by atoms with E-state index in [-0.39, 0.29) is 5.69 Å². The lowest BCUT2D eigenvalue weighted by Crippen LogP contribution is -2.10. The average molecular weight is 372 g/mol. The van der Waals surface area contributed by atoms with Crippen molar-refractivity contribution in [2.24, 2.45) is 0 Å². The summed E-state index contributed by atoms with van der Waals surface area (Å²) >= 11 is 0. The third-order valence-corrected chi connectivity index (χ3v) is 4.88. The van der Waals surface area contributed by atoms with Crippen molar-refractivity contribution in [3.8, 4) is 16.9 Å². The van der Waals surface area contributed by atoms with Crippen LogP contribution in [0.3, 0.4) is 0 Å². The van der Waals surface area contributed by atoms with Crippen molar-refractivity contribution >= 4 is 11.6 Å². The molecule has 0 aliphatic carbocycles. The van der Waals surface area contributed by atoms with Crippen molar-refractivity contribution in [3.05, 3.63) is 89.9 Å². The predicted octanol–water partition coefficient (Wildman–Crippen LogP) is 4.49. The number of carboxylic acids is 1. The molecule has 4 aromatic rings. The van der Waals surface area contributed by atoms with Gasteiger partial charge in [0.25, 0.3) is 0 Å². The summed E-state index contributed by atoms with van der Waals surface area (Å²) in [5, 5.41) is 9.66. The molecule has 140 valence electrons. The molecular formula is C23H20N2O3. The van der Waals surface area contributed by atoms with Gasteiger partial charge in [-0.05, 0) is 53.3 Å². The Kier molecular flexibility index (Phi) is 4.81. The molecule has 28 heavy (non-hydrogen) atoms. The summed E-state index contributed by atoms with van der Waals surface area (Å²) in [7, 11) is 1.65. The molecule has 5 nitrogen and oxygen atoms in total. The van der Waals surface area contributed by atoms with Gasteiger partial charge < -0.3 is 9.84 Å². The Balaban J connectivity index is 1.58. The van der Waals surface area contributed by atoms with Crippen molar-refractivity contribution in [2.75, 3.05) is 7.11 Å². The van der Waals surface area contributed by atoms with E-state index < -0.39 is 5.97 Å². The fourth-order valence-electron chi connectivity index (χ4n) is 3.45. The molecule has 0 saturated heterocycles. The van der Waals surface area contributed by atoms with Gasteiger partial charge in [-0.3, -0.25) is 4.40 Å². The number of hydrogen-bond acceptors (Lipinski definition) is 3. The van der Waals surface area contributed by atoms with Crippen LogP contribution in [0.5, 0.6) is 5.75 Å². The maximum absolute atomic E-state index is 11.8. The number of ether oxygens (including phenoxy) is 1. The van der Waals surface area contributed by atoms with Gasteiger partial charge in [0.2, 0.25) is 0 Å². The van der Waals surface area contributed by atoms with Crippen LogP contribution in [-0.2, 0) is 12.8 Å². The molecule has 1 N–H and O–H groups in total. The Bertz CT molecular complexity index is 1130. The molecule has 4 rings (SSSR count). The van der Waals surface area contributed by atoms with Crippen molar-refractivity contribution in [1.29, 1.82) is 0 Å². The zero-order valence-corrected chi connectivity index (χ0v) is 15.5. The Morgan fingerprint density at radius 1 is 1.04 bits per heavy atom. The van der Waals surface area contributed by atoms with Crippen LogP contribution < -0.4 is 4.74 Å². The van der Waals surface area contributed by atoms with E-state index in [4.69, 9.17) is 4.74 Å². The zero-order chi connectivity index (χ0) is 19.5. The standard InChI is InChI=1S/C23H20N2O3/c1-28-20-10-7-17(8-11-20)19-4-2-3-16(15-19)5-6-18-9-12-21-24-13-14-25(21)22(18)23(26)27/h2-4,7-15H,5-6H2,1H3,(H,26,27). The van der Waals surface area contributed by atoms with E-state index in [0.717, 1.165) is 34.4 Å². The summed E-state index contributed by atoms with van der Waals surface area (Å²) in [6, 6.07) is 20.0. The average Bonchev–Trinajstić information content (AvgIpc) is 3.20. The number of imidazole rings is 1. The van der Waals surface area contributed by atoms with Crippen LogP contribution in [0.15, 0.2) is 73.1 Å². The van der Waals surface area contributed by atoms with E-state index in [9.17, 15) is 9.90 Å². The molecule has 0 fully saturated rings. The lowest BCUT2D eigenvalue weighted by molar-refractivity contribution is 0.0687. The van der Waals surface area contributed by atoms with Gasteiger partial charge in [-0.15, -0.1) is 0 Å². The van der Waals surface area contributed by atoms with Crippen LogP contribution in [-0.4, -0.2) is 27.6 Å². The molecule has 0 aliphatic heterocycles. The minimum Gasteiger partial charge on any atom is -0.497 e. The molecule has 0 bridgehead atoms. The van der Waals surface area contributed by atoms with Gasteiger partial charge in [0.1, 0.15) is 17.1 Å². The molecule has 2 aromatic carbocycles. The number of carboxylic acid groups (broad SMARTS) is 1. The van der Waals surface area contributed by atoms with Gasteiger partial charge in [-0.1, -0.05) is 42.5 Å². The normalized spacial score (nSPS) is 10.9. The molecule has 0 saturated carbocycles. The van der Waals surface area contributed by atoms with Crippen LogP contribution in [0, 0.1) is 0 Å². The van der Waals surface area contributed by atoms with Crippen LogP contribution in [0.2, 0.25) is 0 Å².